The number of nitrogens with zero attached hydrogens (tertiary/aromatic N) is 1. The summed E-state index contributed by atoms with van der Waals surface area (Å²) in [7, 11) is 0. The molecule has 142 valence electrons. The van der Waals surface area contributed by atoms with Gasteiger partial charge in [-0.15, -0.1) is 11.8 Å². The van der Waals surface area contributed by atoms with Crippen LogP contribution >= 0.6 is 23.4 Å². The van der Waals surface area contributed by atoms with Crippen molar-refractivity contribution in [3.05, 3.63) is 59.1 Å². The molecule has 4 nitrogen and oxygen atoms in total. The van der Waals surface area contributed by atoms with Gasteiger partial charge in [0.25, 0.3) is 0 Å². The van der Waals surface area contributed by atoms with Gasteiger partial charge in [0.2, 0.25) is 11.8 Å². The minimum absolute atomic E-state index is 0.00542. The summed E-state index contributed by atoms with van der Waals surface area (Å²) in [5.41, 5.74) is 1.82. The first-order chi connectivity index (χ1) is 12.9. The second-order valence-electron chi connectivity index (χ2n) is 6.74. The maximum atomic E-state index is 13.2. The summed E-state index contributed by atoms with van der Waals surface area (Å²) in [5, 5.41) is 3.97. The van der Waals surface area contributed by atoms with Crippen LogP contribution in [0.4, 0.5) is 5.69 Å². The topological polar surface area (TPSA) is 49.4 Å². The molecule has 1 N–H and O–H groups in total. The molecule has 1 aliphatic rings. The van der Waals surface area contributed by atoms with Gasteiger partial charge < -0.3 is 10.2 Å². The van der Waals surface area contributed by atoms with Crippen molar-refractivity contribution >= 4 is 40.9 Å². The standard InChI is InChI=1S/C21H23ClN2O2S/c1-14-11-12-24(19-5-3-4-6-20(19)27-14)21(26)13-18(23-15(2)25)16-7-9-17(22)10-8-16/h3-10,14,18H,11-13H2,1-2H3,(H,23,25). The molecular formula is C21H23ClN2O2S. The summed E-state index contributed by atoms with van der Waals surface area (Å²) in [5.74, 6) is -0.158. The number of nitrogens with one attached hydrogen (secondary N) is 1. The number of amides is 2. The Balaban J connectivity index is 1.85. The summed E-state index contributed by atoms with van der Waals surface area (Å²) in [6, 6.07) is 14.9. The van der Waals surface area contributed by atoms with Crippen LogP contribution in [0.2, 0.25) is 5.02 Å². The number of hydrogen-bond donors (Lipinski definition) is 1. The normalized spacial score (nSPS) is 17.6. The third-order valence-corrected chi connectivity index (χ3v) is 6.06. The molecule has 2 aromatic carbocycles. The lowest BCUT2D eigenvalue weighted by Crippen LogP contribution is -2.36. The summed E-state index contributed by atoms with van der Waals surface area (Å²) < 4.78 is 0. The lowest BCUT2D eigenvalue weighted by atomic mass is 10.0. The third kappa shape index (κ3) is 5.05. The van der Waals surface area contributed by atoms with Crippen LogP contribution in [0.3, 0.4) is 0 Å². The number of carbonyl (C=O) groups is 2. The van der Waals surface area contributed by atoms with Crippen molar-refractivity contribution in [3.63, 3.8) is 0 Å². The Hall–Kier alpha value is -1.98. The van der Waals surface area contributed by atoms with Crippen LogP contribution < -0.4 is 10.2 Å². The van der Waals surface area contributed by atoms with Crippen LogP contribution in [-0.4, -0.2) is 23.6 Å². The third-order valence-electron chi connectivity index (χ3n) is 4.57. The summed E-state index contributed by atoms with van der Waals surface area (Å²) in [4.78, 5) is 27.9. The van der Waals surface area contributed by atoms with Crippen molar-refractivity contribution in [3.8, 4) is 0 Å². The molecule has 6 heteroatoms. The molecule has 2 amide bonds. The Labute approximate surface area is 169 Å². The van der Waals surface area contributed by atoms with E-state index in [0.717, 1.165) is 22.6 Å². The van der Waals surface area contributed by atoms with E-state index < -0.39 is 0 Å². The molecule has 0 aromatic heterocycles. The van der Waals surface area contributed by atoms with E-state index in [2.05, 4.69) is 18.3 Å². The number of benzene rings is 2. The Morgan fingerprint density at radius 1 is 1.22 bits per heavy atom. The molecule has 3 rings (SSSR count). The highest BCUT2D eigenvalue weighted by Crippen LogP contribution is 2.38. The molecule has 0 saturated carbocycles. The first kappa shape index (κ1) is 19.8. The number of anilines is 1. The highest BCUT2D eigenvalue weighted by molar-refractivity contribution is 8.00. The van der Waals surface area contributed by atoms with Crippen molar-refractivity contribution in [2.75, 3.05) is 11.4 Å². The van der Waals surface area contributed by atoms with Gasteiger partial charge in [-0.25, -0.2) is 0 Å². The van der Waals surface area contributed by atoms with E-state index >= 15 is 0 Å². The summed E-state index contributed by atoms with van der Waals surface area (Å²) in [6.45, 7) is 4.33. The highest BCUT2D eigenvalue weighted by Gasteiger charge is 2.26. The van der Waals surface area contributed by atoms with Gasteiger partial charge in [-0.3, -0.25) is 9.59 Å². The molecule has 0 fully saturated rings. The van der Waals surface area contributed by atoms with E-state index in [0.29, 0.717) is 16.8 Å². The fourth-order valence-electron chi connectivity index (χ4n) is 3.22. The van der Waals surface area contributed by atoms with Gasteiger partial charge >= 0.3 is 0 Å². The molecule has 2 atom stereocenters. The molecule has 2 aromatic rings. The zero-order chi connectivity index (χ0) is 19.4. The van der Waals surface area contributed by atoms with Gasteiger partial charge in [0.05, 0.1) is 18.2 Å². The Bertz CT molecular complexity index is 825. The van der Waals surface area contributed by atoms with Crippen molar-refractivity contribution < 1.29 is 9.59 Å². The first-order valence-corrected chi connectivity index (χ1v) is 10.3. The molecule has 0 spiro atoms. The van der Waals surface area contributed by atoms with E-state index in [4.69, 9.17) is 11.6 Å². The van der Waals surface area contributed by atoms with Crippen molar-refractivity contribution in [1.82, 2.24) is 5.32 Å². The Morgan fingerprint density at radius 2 is 1.93 bits per heavy atom. The monoisotopic (exact) mass is 402 g/mol. The van der Waals surface area contributed by atoms with Crippen LogP contribution in [0.15, 0.2) is 53.4 Å². The van der Waals surface area contributed by atoms with Gasteiger partial charge in [-0.1, -0.05) is 42.8 Å². The van der Waals surface area contributed by atoms with E-state index in [1.807, 2.05) is 35.2 Å². The fourth-order valence-corrected chi connectivity index (χ4v) is 4.46. The van der Waals surface area contributed by atoms with Gasteiger partial charge in [0.15, 0.2) is 0 Å². The Kier molecular flexibility index (Phi) is 6.45. The lowest BCUT2D eigenvalue weighted by molar-refractivity contribution is -0.121. The molecular weight excluding hydrogens is 380 g/mol. The number of hydrogen-bond acceptors (Lipinski definition) is 3. The molecule has 0 bridgehead atoms. The van der Waals surface area contributed by atoms with Gasteiger partial charge in [-0.2, -0.15) is 0 Å². The van der Waals surface area contributed by atoms with Crippen molar-refractivity contribution in [2.24, 2.45) is 0 Å². The molecule has 27 heavy (non-hydrogen) atoms. The lowest BCUT2D eigenvalue weighted by Gasteiger charge is -2.26. The number of halogens is 1. The van der Waals surface area contributed by atoms with Crippen molar-refractivity contribution in [2.45, 2.75) is 42.9 Å². The SMILES string of the molecule is CC(=O)NC(CC(=O)N1CCC(C)Sc2ccccc21)c1ccc(Cl)cc1. The number of rotatable bonds is 4. The van der Waals surface area contributed by atoms with Crippen LogP contribution in [-0.2, 0) is 9.59 Å². The average molecular weight is 403 g/mol. The van der Waals surface area contributed by atoms with Crippen molar-refractivity contribution in [1.29, 1.82) is 0 Å². The minimum atomic E-state index is -0.382. The molecule has 1 heterocycles. The van der Waals surface area contributed by atoms with Crippen LogP contribution in [0.25, 0.3) is 0 Å². The van der Waals surface area contributed by atoms with E-state index in [1.165, 1.54) is 6.92 Å². The fraction of sp³-hybridized carbons (Fsp3) is 0.333. The quantitative estimate of drug-likeness (QED) is 0.797. The smallest absolute Gasteiger partial charge is 0.229 e. The van der Waals surface area contributed by atoms with E-state index in [1.54, 1.807) is 23.9 Å². The molecule has 2 unspecified atom stereocenters. The number of carbonyl (C=O) groups excluding carboxylic acids is 2. The van der Waals surface area contributed by atoms with Gasteiger partial charge in [0, 0.05) is 28.6 Å². The summed E-state index contributed by atoms with van der Waals surface area (Å²) in [6.07, 6.45) is 1.13. The summed E-state index contributed by atoms with van der Waals surface area (Å²) >= 11 is 7.78. The maximum Gasteiger partial charge on any atom is 0.229 e. The van der Waals surface area contributed by atoms with Crippen LogP contribution in [0.5, 0.6) is 0 Å². The molecule has 0 radical (unpaired) electrons. The van der Waals surface area contributed by atoms with E-state index in [9.17, 15) is 9.59 Å². The molecule has 0 saturated heterocycles. The molecule has 0 aliphatic carbocycles. The second kappa shape index (κ2) is 8.81. The number of para-hydroxylation sites is 1. The van der Waals surface area contributed by atoms with E-state index in [-0.39, 0.29) is 24.3 Å². The van der Waals surface area contributed by atoms with Gasteiger partial charge in [-0.05, 0) is 36.2 Å². The largest absolute Gasteiger partial charge is 0.349 e. The van der Waals surface area contributed by atoms with Gasteiger partial charge in [0.1, 0.15) is 0 Å². The van der Waals surface area contributed by atoms with Crippen LogP contribution in [0.1, 0.15) is 38.3 Å². The predicted molar refractivity (Wildman–Crippen MR) is 111 cm³/mol. The first-order valence-electron chi connectivity index (χ1n) is 9.02. The predicted octanol–water partition coefficient (Wildman–Crippen LogP) is 4.82. The Morgan fingerprint density at radius 3 is 2.63 bits per heavy atom. The number of fused-ring (bicyclic) bond motifs is 1. The molecule has 1 aliphatic heterocycles. The zero-order valence-corrected chi connectivity index (χ0v) is 17.0. The average Bonchev–Trinajstić information content (AvgIpc) is 2.79. The maximum absolute atomic E-state index is 13.2. The zero-order valence-electron chi connectivity index (χ0n) is 15.4. The minimum Gasteiger partial charge on any atom is -0.349 e. The van der Waals surface area contributed by atoms with Crippen LogP contribution in [0, 0.1) is 0 Å². The number of thioether (sulfide) groups is 1. The highest BCUT2D eigenvalue weighted by atomic mass is 35.5. The second-order valence-corrected chi connectivity index (χ2v) is 8.66.